The summed E-state index contributed by atoms with van der Waals surface area (Å²) >= 11 is 0. The van der Waals surface area contributed by atoms with Gasteiger partial charge in [0.25, 0.3) is 0 Å². The van der Waals surface area contributed by atoms with Crippen molar-refractivity contribution in [1.82, 2.24) is 0 Å². The molecule has 1 unspecified atom stereocenters. The summed E-state index contributed by atoms with van der Waals surface area (Å²) < 4.78 is 4.54. The van der Waals surface area contributed by atoms with Crippen molar-refractivity contribution in [2.45, 2.75) is 24.6 Å². The van der Waals surface area contributed by atoms with Crippen LogP contribution in [-0.2, 0) is 4.74 Å². The third kappa shape index (κ3) is 1.14. The average molecular weight is 150 g/mol. The Hall–Kier alpha value is -0.200. The predicted octanol–water partition coefficient (Wildman–Crippen LogP) is -2.58. The van der Waals surface area contributed by atoms with Gasteiger partial charge in [-0.3, -0.25) is 0 Å². The van der Waals surface area contributed by atoms with E-state index in [2.05, 4.69) is 4.74 Å². The van der Waals surface area contributed by atoms with Crippen LogP contribution < -0.4 is 0 Å². The smallest absolute Gasteiger partial charge is 0.184 e. The van der Waals surface area contributed by atoms with Crippen molar-refractivity contribution in [3.05, 3.63) is 0 Å². The third-order valence-electron chi connectivity index (χ3n) is 1.52. The minimum Gasteiger partial charge on any atom is -0.394 e. The molecule has 0 amide bonds. The molecular formula is C5H10O5. The quantitative estimate of drug-likeness (QED) is 0.329. The first kappa shape index (κ1) is 7.90. The standard InChI is InChI=1S/C5H10O5/c6-1-2-3(7)4(8)5(9)10-2/h2-9H,1H2/t2-,3+,4?,5-/m1/s1. The molecule has 0 aromatic rings. The zero-order valence-electron chi connectivity index (χ0n) is 5.21. The van der Waals surface area contributed by atoms with Gasteiger partial charge in [-0.1, -0.05) is 0 Å². The lowest BCUT2D eigenvalue weighted by Crippen LogP contribution is -2.33. The number of hydrogen-bond acceptors (Lipinski definition) is 5. The molecule has 0 aromatic carbocycles. The summed E-state index contributed by atoms with van der Waals surface area (Å²) in [6.07, 6.45) is -4.76. The highest BCUT2D eigenvalue weighted by Crippen LogP contribution is 2.18. The monoisotopic (exact) mass is 150 g/mol. The Labute approximate surface area is 57.5 Å². The molecule has 0 radical (unpaired) electrons. The van der Waals surface area contributed by atoms with Crippen LogP contribution >= 0.6 is 0 Å². The summed E-state index contributed by atoms with van der Waals surface area (Å²) in [4.78, 5) is 0. The molecular weight excluding hydrogens is 140 g/mol. The van der Waals surface area contributed by atoms with E-state index >= 15 is 0 Å². The molecule has 0 aromatic heterocycles. The largest absolute Gasteiger partial charge is 0.394 e. The van der Waals surface area contributed by atoms with Crippen LogP contribution in [0.3, 0.4) is 0 Å². The molecule has 0 saturated carbocycles. The Kier molecular flexibility index (Phi) is 2.22. The van der Waals surface area contributed by atoms with E-state index in [0.29, 0.717) is 0 Å². The Balaban J connectivity index is 2.53. The first-order valence-corrected chi connectivity index (χ1v) is 2.97. The van der Waals surface area contributed by atoms with Gasteiger partial charge < -0.3 is 25.2 Å². The number of hydrogen-bond donors (Lipinski definition) is 4. The van der Waals surface area contributed by atoms with Crippen molar-refractivity contribution in [1.29, 1.82) is 0 Å². The molecule has 1 aliphatic rings. The molecule has 0 aliphatic carbocycles. The van der Waals surface area contributed by atoms with E-state index in [0.717, 1.165) is 0 Å². The second kappa shape index (κ2) is 2.81. The zero-order valence-corrected chi connectivity index (χ0v) is 5.21. The maximum atomic E-state index is 8.93. The molecule has 0 spiro atoms. The van der Waals surface area contributed by atoms with Crippen LogP contribution in [-0.4, -0.2) is 51.6 Å². The topological polar surface area (TPSA) is 90.2 Å². The number of aliphatic hydroxyl groups is 4. The van der Waals surface area contributed by atoms with Gasteiger partial charge in [-0.2, -0.15) is 0 Å². The molecule has 5 nitrogen and oxygen atoms in total. The van der Waals surface area contributed by atoms with Crippen molar-refractivity contribution in [3.63, 3.8) is 0 Å². The Morgan fingerprint density at radius 1 is 1.10 bits per heavy atom. The van der Waals surface area contributed by atoms with Crippen molar-refractivity contribution < 1.29 is 25.2 Å². The molecule has 4 atom stereocenters. The Bertz CT molecular complexity index is 117. The van der Waals surface area contributed by atoms with Crippen molar-refractivity contribution in [2.75, 3.05) is 6.61 Å². The summed E-state index contributed by atoms with van der Waals surface area (Å²) in [5, 5.41) is 35.0. The van der Waals surface area contributed by atoms with Crippen LogP contribution in [0.2, 0.25) is 0 Å². The van der Waals surface area contributed by atoms with Crippen LogP contribution in [0.5, 0.6) is 0 Å². The molecule has 4 N–H and O–H groups in total. The fraction of sp³-hybridized carbons (Fsp3) is 1.00. The average Bonchev–Trinajstić information content (AvgIpc) is 2.17. The second-order valence-electron chi connectivity index (χ2n) is 2.23. The lowest BCUT2D eigenvalue weighted by atomic mass is 10.1. The number of rotatable bonds is 1. The van der Waals surface area contributed by atoms with E-state index in [-0.39, 0.29) is 0 Å². The summed E-state index contributed by atoms with van der Waals surface area (Å²) in [6.45, 7) is -0.407. The maximum absolute atomic E-state index is 8.93. The van der Waals surface area contributed by atoms with E-state index in [1.807, 2.05) is 0 Å². The highest BCUT2D eigenvalue weighted by molar-refractivity contribution is 4.84. The normalized spacial score (nSPS) is 48.0. The van der Waals surface area contributed by atoms with Crippen molar-refractivity contribution in [3.8, 4) is 0 Å². The minimum absolute atomic E-state index is 0.407. The highest BCUT2D eigenvalue weighted by Gasteiger charge is 2.41. The molecule has 1 rings (SSSR count). The highest BCUT2D eigenvalue weighted by atomic mass is 16.6. The van der Waals surface area contributed by atoms with Gasteiger partial charge in [0, 0.05) is 0 Å². The molecule has 1 saturated heterocycles. The first-order valence-electron chi connectivity index (χ1n) is 2.97. The fourth-order valence-electron chi connectivity index (χ4n) is 0.880. The molecule has 1 fully saturated rings. The Morgan fingerprint density at radius 2 is 1.70 bits per heavy atom. The van der Waals surface area contributed by atoms with Crippen molar-refractivity contribution in [2.24, 2.45) is 0 Å². The number of aliphatic hydroxyl groups excluding tert-OH is 4. The maximum Gasteiger partial charge on any atom is 0.184 e. The molecule has 1 heterocycles. The molecule has 60 valence electrons. The van der Waals surface area contributed by atoms with Gasteiger partial charge >= 0.3 is 0 Å². The van der Waals surface area contributed by atoms with Gasteiger partial charge in [0.1, 0.15) is 18.3 Å². The molecule has 1 aliphatic heterocycles. The van der Waals surface area contributed by atoms with E-state index in [9.17, 15) is 0 Å². The fourth-order valence-corrected chi connectivity index (χ4v) is 0.880. The summed E-state index contributed by atoms with van der Waals surface area (Å²) in [5.74, 6) is 0. The molecule has 5 heteroatoms. The van der Waals surface area contributed by atoms with Crippen LogP contribution in [0.4, 0.5) is 0 Å². The van der Waals surface area contributed by atoms with Gasteiger partial charge in [0.2, 0.25) is 0 Å². The van der Waals surface area contributed by atoms with E-state index < -0.39 is 31.2 Å². The van der Waals surface area contributed by atoms with Gasteiger partial charge in [-0.25, -0.2) is 0 Å². The van der Waals surface area contributed by atoms with E-state index in [4.69, 9.17) is 20.4 Å². The molecule has 10 heavy (non-hydrogen) atoms. The van der Waals surface area contributed by atoms with E-state index in [1.165, 1.54) is 0 Å². The molecule has 0 bridgehead atoms. The predicted molar refractivity (Wildman–Crippen MR) is 30.0 cm³/mol. The van der Waals surface area contributed by atoms with Gasteiger partial charge in [-0.15, -0.1) is 0 Å². The third-order valence-corrected chi connectivity index (χ3v) is 1.52. The van der Waals surface area contributed by atoms with Crippen LogP contribution in [0, 0.1) is 0 Å². The zero-order chi connectivity index (χ0) is 7.72. The van der Waals surface area contributed by atoms with Crippen molar-refractivity contribution >= 4 is 0 Å². The summed E-state index contributed by atoms with van der Waals surface area (Å²) in [7, 11) is 0. The Morgan fingerprint density at radius 3 is 1.90 bits per heavy atom. The van der Waals surface area contributed by atoms with Gasteiger partial charge in [0.15, 0.2) is 6.29 Å². The van der Waals surface area contributed by atoms with Gasteiger partial charge in [0.05, 0.1) is 6.61 Å². The van der Waals surface area contributed by atoms with Crippen LogP contribution in [0.1, 0.15) is 0 Å². The second-order valence-corrected chi connectivity index (χ2v) is 2.23. The summed E-state index contributed by atoms with van der Waals surface area (Å²) in [5.41, 5.74) is 0. The SMILES string of the molecule is OC[C@H]1O[C@@H](O)C(O)[C@H]1O. The first-order chi connectivity index (χ1) is 4.66. The van der Waals surface area contributed by atoms with Gasteiger partial charge in [-0.05, 0) is 0 Å². The summed E-state index contributed by atoms with van der Waals surface area (Å²) in [6, 6.07) is 0. The van der Waals surface area contributed by atoms with Crippen LogP contribution in [0.15, 0.2) is 0 Å². The lowest BCUT2D eigenvalue weighted by molar-refractivity contribution is -0.132. The van der Waals surface area contributed by atoms with Crippen LogP contribution in [0.25, 0.3) is 0 Å². The lowest BCUT2D eigenvalue weighted by Gasteiger charge is -2.09. The minimum atomic E-state index is -1.38. The number of ether oxygens (including phenoxy) is 1. The van der Waals surface area contributed by atoms with E-state index in [1.54, 1.807) is 0 Å².